The first-order valence-electron chi connectivity index (χ1n) is 5.77. The summed E-state index contributed by atoms with van der Waals surface area (Å²) in [5, 5.41) is 18.8. The Labute approximate surface area is 121 Å². The molecule has 0 aliphatic heterocycles. The van der Waals surface area contributed by atoms with Crippen molar-refractivity contribution in [3.63, 3.8) is 0 Å². The standard InChI is InChI=1S/C13H8BrN3OS/c14-11-5-8-10(19-11)4-9-12(15-16-13(8)9)7-2-1-3-17(18)6-7/h1-3,5-6H,4H2,(H,15,16). The molecule has 3 aromatic heterocycles. The fourth-order valence-electron chi connectivity index (χ4n) is 2.49. The molecule has 0 aromatic carbocycles. The fourth-order valence-corrected chi connectivity index (χ4v) is 4.21. The quantitative estimate of drug-likeness (QED) is 0.430. The Balaban J connectivity index is 1.88. The van der Waals surface area contributed by atoms with Crippen LogP contribution in [0.4, 0.5) is 0 Å². The van der Waals surface area contributed by atoms with E-state index in [4.69, 9.17) is 0 Å². The van der Waals surface area contributed by atoms with Gasteiger partial charge in [0.15, 0.2) is 12.4 Å². The Hall–Kier alpha value is -1.66. The lowest BCUT2D eigenvalue weighted by molar-refractivity contribution is -0.604. The minimum absolute atomic E-state index is 0.803. The largest absolute Gasteiger partial charge is 0.619 e. The number of aromatic nitrogens is 3. The third-order valence-electron chi connectivity index (χ3n) is 3.30. The highest BCUT2D eigenvalue weighted by Crippen LogP contribution is 2.45. The molecular weight excluding hydrogens is 326 g/mol. The van der Waals surface area contributed by atoms with Crippen LogP contribution in [0.25, 0.3) is 22.5 Å². The van der Waals surface area contributed by atoms with Crippen LogP contribution in [0.2, 0.25) is 0 Å². The molecule has 19 heavy (non-hydrogen) atoms. The maximum absolute atomic E-state index is 11.4. The number of H-pyrrole nitrogens is 1. The van der Waals surface area contributed by atoms with Crippen LogP contribution >= 0.6 is 27.3 Å². The van der Waals surface area contributed by atoms with Gasteiger partial charge in [-0.3, -0.25) is 5.10 Å². The van der Waals surface area contributed by atoms with Gasteiger partial charge in [-0.1, -0.05) is 0 Å². The molecule has 0 saturated heterocycles. The lowest BCUT2D eigenvalue weighted by Gasteiger charge is -2.00. The van der Waals surface area contributed by atoms with E-state index >= 15 is 0 Å². The number of rotatable bonds is 1. The molecule has 0 spiro atoms. The zero-order valence-electron chi connectivity index (χ0n) is 9.68. The molecule has 1 N–H and O–H groups in total. The van der Waals surface area contributed by atoms with Crippen LogP contribution in [0.1, 0.15) is 10.4 Å². The van der Waals surface area contributed by atoms with Gasteiger partial charge in [-0.05, 0) is 28.1 Å². The van der Waals surface area contributed by atoms with Crippen LogP contribution < -0.4 is 4.73 Å². The van der Waals surface area contributed by atoms with Gasteiger partial charge in [0.1, 0.15) is 5.69 Å². The lowest BCUT2D eigenvalue weighted by Crippen LogP contribution is -2.24. The van der Waals surface area contributed by atoms with Crippen molar-refractivity contribution in [1.29, 1.82) is 0 Å². The second kappa shape index (κ2) is 3.91. The molecule has 4 rings (SSSR count). The molecule has 3 heterocycles. The monoisotopic (exact) mass is 333 g/mol. The molecule has 6 heteroatoms. The van der Waals surface area contributed by atoms with E-state index in [1.54, 1.807) is 23.6 Å². The van der Waals surface area contributed by atoms with Crippen LogP contribution in [-0.4, -0.2) is 10.2 Å². The first kappa shape index (κ1) is 11.2. The van der Waals surface area contributed by atoms with E-state index in [-0.39, 0.29) is 0 Å². The molecule has 1 aliphatic carbocycles. The molecule has 0 radical (unpaired) electrons. The number of nitrogens with zero attached hydrogens (tertiary/aromatic N) is 2. The highest BCUT2D eigenvalue weighted by Gasteiger charge is 2.27. The second-order valence-electron chi connectivity index (χ2n) is 4.44. The van der Waals surface area contributed by atoms with Gasteiger partial charge in [0.25, 0.3) is 0 Å². The Morgan fingerprint density at radius 3 is 3.21 bits per heavy atom. The van der Waals surface area contributed by atoms with Gasteiger partial charge in [0.05, 0.1) is 15.0 Å². The van der Waals surface area contributed by atoms with Gasteiger partial charge in [0.2, 0.25) is 0 Å². The Morgan fingerprint density at radius 1 is 1.47 bits per heavy atom. The van der Waals surface area contributed by atoms with E-state index in [1.165, 1.54) is 22.2 Å². The van der Waals surface area contributed by atoms with Crippen LogP contribution in [0.3, 0.4) is 0 Å². The second-order valence-corrected chi connectivity index (χ2v) is 6.96. The number of pyridine rings is 1. The lowest BCUT2D eigenvalue weighted by atomic mass is 10.1. The minimum atomic E-state index is 0.803. The molecule has 0 bridgehead atoms. The van der Waals surface area contributed by atoms with Gasteiger partial charge in [0, 0.05) is 28.5 Å². The summed E-state index contributed by atoms with van der Waals surface area (Å²) in [5.41, 5.74) is 5.20. The average Bonchev–Trinajstić information content (AvgIpc) is 2.99. The molecule has 4 nitrogen and oxygen atoms in total. The van der Waals surface area contributed by atoms with Crippen molar-refractivity contribution in [3.8, 4) is 22.5 Å². The first-order chi connectivity index (χ1) is 9.22. The van der Waals surface area contributed by atoms with Gasteiger partial charge in [-0.25, -0.2) is 0 Å². The van der Waals surface area contributed by atoms with Crippen molar-refractivity contribution in [2.75, 3.05) is 0 Å². The Bertz CT molecular complexity index is 793. The van der Waals surface area contributed by atoms with Gasteiger partial charge >= 0.3 is 0 Å². The molecule has 0 fully saturated rings. The van der Waals surface area contributed by atoms with E-state index < -0.39 is 0 Å². The topological polar surface area (TPSA) is 55.6 Å². The molecule has 1 aliphatic rings. The van der Waals surface area contributed by atoms with E-state index in [9.17, 15) is 5.21 Å². The number of fused-ring (bicyclic) bond motifs is 3. The maximum Gasteiger partial charge on any atom is 0.189 e. The van der Waals surface area contributed by atoms with Gasteiger partial charge in [-0.2, -0.15) is 9.83 Å². The summed E-state index contributed by atoms with van der Waals surface area (Å²) >= 11 is 5.26. The zero-order valence-corrected chi connectivity index (χ0v) is 12.1. The van der Waals surface area contributed by atoms with Crippen molar-refractivity contribution in [2.24, 2.45) is 0 Å². The summed E-state index contributed by atoms with van der Waals surface area (Å²) in [7, 11) is 0. The number of nitrogens with one attached hydrogen (secondary N) is 1. The summed E-state index contributed by atoms with van der Waals surface area (Å²) in [6, 6.07) is 5.77. The Morgan fingerprint density at radius 2 is 2.37 bits per heavy atom. The molecule has 3 aromatic rings. The molecule has 0 atom stereocenters. The van der Waals surface area contributed by atoms with Crippen LogP contribution in [0, 0.1) is 5.21 Å². The fraction of sp³-hybridized carbons (Fsp3) is 0.0769. The number of hydrogen-bond donors (Lipinski definition) is 1. The van der Waals surface area contributed by atoms with E-state index in [0.29, 0.717) is 0 Å². The third kappa shape index (κ3) is 1.63. The van der Waals surface area contributed by atoms with Crippen LogP contribution in [-0.2, 0) is 6.42 Å². The summed E-state index contributed by atoms with van der Waals surface area (Å²) < 4.78 is 1.94. The molecular formula is C13H8BrN3OS. The summed E-state index contributed by atoms with van der Waals surface area (Å²) in [4.78, 5) is 1.34. The average molecular weight is 334 g/mol. The Kier molecular flexibility index (Phi) is 2.31. The molecule has 0 unspecified atom stereocenters. The van der Waals surface area contributed by atoms with E-state index in [2.05, 4.69) is 32.2 Å². The highest BCUT2D eigenvalue weighted by molar-refractivity contribution is 9.11. The third-order valence-corrected chi connectivity index (χ3v) is 4.94. The van der Waals surface area contributed by atoms with Crippen molar-refractivity contribution in [2.45, 2.75) is 6.42 Å². The van der Waals surface area contributed by atoms with Crippen LogP contribution in [0.5, 0.6) is 0 Å². The van der Waals surface area contributed by atoms with Crippen molar-refractivity contribution < 1.29 is 4.73 Å². The zero-order chi connectivity index (χ0) is 13.0. The highest BCUT2D eigenvalue weighted by atomic mass is 79.9. The number of halogens is 1. The maximum atomic E-state index is 11.4. The summed E-state index contributed by atoms with van der Waals surface area (Å²) in [6.45, 7) is 0. The minimum Gasteiger partial charge on any atom is -0.619 e. The molecule has 0 saturated carbocycles. The van der Waals surface area contributed by atoms with Gasteiger partial charge < -0.3 is 5.21 Å². The normalized spacial score (nSPS) is 12.5. The van der Waals surface area contributed by atoms with E-state index in [0.717, 1.165) is 31.9 Å². The molecule has 0 amide bonds. The van der Waals surface area contributed by atoms with E-state index in [1.807, 2.05) is 6.07 Å². The SMILES string of the molecule is [O-][n+]1cccc(-c2n[nH]c3c2Cc2sc(Br)cc2-3)c1. The predicted molar refractivity (Wildman–Crippen MR) is 76.8 cm³/mol. The summed E-state index contributed by atoms with van der Waals surface area (Å²) in [6.07, 6.45) is 3.91. The molecule has 94 valence electrons. The number of thiophene rings is 1. The smallest absolute Gasteiger partial charge is 0.189 e. The number of aromatic amines is 1. The van der Waals surface area contributed by atoms with Crippen molar-refractivity contribution in [3.05, 3.63) is 50.0 Å². The van der Waals surface area contributed by atoms with Crippen molar-refractivity contribution >= 4 is 27.3 Å². The van der Waals surface area contributed by atoms with Gasteiger partial charge in [-0.15, -0.1) is 11.3 Å². The summed E-state index contributed by atoms with van der Waals surface area (Å²) in [5.74, 6) is 0. The predicted octanol–water partition coefficient (Wildman–Crippen LogP) is 3.11. The van der Waals surface area contributed by atoms with Crippen LogP contribution in [0.15, 0.2) is 34.4 Å². The van der Waals surface area contributed by atoms with Crippen molar-refractivity contribution in [1.82, 2.24) is 10.2 Å². The number of hydrogen-bond acceptors (Lipinski definition) is 3. The first-order valence-corrected chi connectivity index (χ1v) is 7.38.